The predicted octanol–water partition coefficient (Wildman–Crippen LogP) is 3.01. The molecule has 0 spiro atoms. The molecule has 0 aliphatic rings. The smallest absolute Gasteiger partial charge is 0.236 e. The second-order valence-corrected chi connectivity index (χ2v) is 5.19. The van der Waals surface area contributed by atoms with E-state index in [0.717, 1.165) is 17.7 Å². The third kappa shape index (κ3) is 3.73. The number of aliphatic hydroxyl groups is 1. The molecule has 0 atom stereocenters. The second kappa shape index (κ2) is 6.78. The Labute approximate surface area is 114 Å². The molecule has 1 aromatic carbocycles. The van der Waals surface area contributed by atoms with Gasteiger partial charge >= 0.3 is 0 Å². The molecule has 1 aromatic heterocycles. The number of halogens is 1. The molecule has 0 saturated carbocycles. The van der Waals surface area contributed by atoms with Crippen LogP contribution in [-0.2, 0) is 5.75 Å². The maximum atomic E-state index is 8.66. The first kappa shape index (κ1) is 13.4. The van der Waals surface area contributed by atoms with Gasteiger partial charge in [-0.15, -0.1) is 0 Å². The number of benzene rings is 1. The van der Waals surface area contributed by atoms with E-state index in [9.17, 15) is 0 Å². The van der Waals surface area contributed by atoms with Crippen molar-refractivity contribution in [3.05, 3.63) is 35.2 Å². The van der Waals surface area contributed by atoms with Crippen LogP contribution < -0.4 is 0 Å². The largest absolute Gasteiger partial charge is 0.396 e. The van der Waals surface area contributed by atoms with Crippen LogP contribution in [0.2, 0.25) is 5.02 Å². The lowest BCUT2D eigenvalue weighted by Crippen LogP contribution is -1.87. The van der Waals surface area contributed by atoms with Gasteiger partial charge in [0.1, 0.15) is 0 Å². The maximum Gasteiger partial charge on any atom is 0.236 e. The van der Waals surface area contributed by atoms with Crippen molar-refractivity contribution in [2.75, 3.05) is 12.4 Å². The van der Waals surface area contributed by atoms with Crippen molar-refractivity contribution in [3.8, 4) is 11.4 Å². The maximum absolute atomic E-state index is 8.66. The van der Waals surface area contributed by atoms with Crippen molar-refractivity contribution >= 4 is 23.4 Å². The van der Waals surface area contributed by atoms with Gasteiger partial charge in [-0.1, -0.05) is 28.9 Å². The summed E-state index contributed by atoms with van der Waals surface area (Å²) in [7, 11) is 0. The molecule has 0 aliphatic carbocycles. The van der Waals surface area contributed by atoms with Gasteiger partial charge in [0, 0.05) is 17.2 Å². The second-order valence-electron chi connectivity index (χ2n) is 3.65. The molecule has 6 heteroatoms. The van der Waals surface area contributed by atoms with Crippen LogP contribution in [0.15, 0.2) is 28.8 Å². The molecule has 0 bridgehead atoms. The van der Waals surface area contributed by atoms with Crippen LogP contribution in [0.3, 0.4) is 0 Å². The third-order valence-corrected chi connectivity index (χ3v) is 3.49. The summed E-state index contributed by atoms with van der Waals surface area (Å²) in [5.41, 5.74) is 0.845. The van der Waals surface area contributed by atoms with Crippen LogP contribution in [0, 0.1) is 0 Å². The molecule has 2 rings (SSSR count). The Morgan fingerprint density at radius 2 is 2.28 bits per heavy atom. The van der Waals surface area contributed by atoms with Gasteiger partial charge in [-0.05, 0) is 24.3 Å². The first-order chi connectivity index (χ1) is 8.79. The van der Waals surface area contributed by atoms with Crippen molar-refractivity contribution in [1.82, 2.24) is 10.1 Å². The summed E-state index contributed by atoms with van der Waals surface area (Å²) in [6, 6.07) is 7.34. The Hall–Kier alpha value is -1.04. The van der Waals surface area contributed by atoms with Gasteiger partial charge in [0.25, 0.3) is 0 Å². The van der Waals surface area contributed by atoms with E-state index in [2.05, 4.69) is 10.1 Å². The van der Waals surface area contributed by atoms with E-state index in [1.54, 1.807) is 23.9 Å². The first-order valence-electron chi connectivity index (χ1n) is 5.56. The molecule has 0 aliphatic heterocycles. The Morgan fingerprint density at radius 1 is 1.39 bits per heavy atom. The molecule has 18 heavy (non-hydrogen) atoms. The molecule has 1 heterocycles. The van der Waals surface area contributed by atoms with Crippen LogP contribution in [0.4, 0.5) is 0 Å². The van der Waals surface area contributed by atoms with Gasteiger partial charge in [0.15, 0.2) is 0 Å². The van der Waals surface area contributed by atoms with E-state index in [4.69, 9.17) is 21.2 Å². The monoisotopic (exact) mass is 284 g/mol. The predicted molar refractivity (Wildman–Crippen MR) is 72.6 cm³/mol. The van der Waals surface area contributed by atoms with E-state index in [0.29, 0.717) is 22.5 Å². The minimum absolute atomic E-state index is 0.213. The molecule has 96 valence electrons. The zero-order chi connectivity index (χ0) is 12.8. The summed E-state index contributed by atoms with van der Waals surface area (Å²) in [5, 5.41) is 13.2. The zero-order valence-electron chi connectivity index (χ0n) is 9.67. The average molecular weight is 285 g/mol. The van der Waals surface area contributed by atoms with Gasteiger partial charge < -0.3 is 9.63 Å². The number of thioether (sulfide) groups is 1. The molecule has 0 radical (unpaired) electrons. The van der Waals surface area contributed by atoms with Crippen molar-refractivity contribution in [2.45, 2.75) is 12.2 Å². The fraction of sp³-hybridized carbons (Fsp3) is 0.333. The molecular weight excluding hydrogens is 272 g/mol. The highest BCUT2D eigenvalue weighted by Gasteiger charge is 2.08. The molecule has 0 saturated heterocycles. The lowest BCUT2D eigenvalue weighted by atomic mass is 10.2. The van der Waals surface area contributed by atoms with Crippen LogP contribution in [0.1, 0.15) is 12.3 Å². The lowest BCUT2D eigenvalue weighted by Gasteiger charge is -1.95. The summed E-state index contributed by atoms with van der Waals surface area (Å²) in [5.74, 6) is 2.68. The van der Waals surface area contributed by atoms with Crippen LogP contribution >= 0.6 is 23.4 Å². The van der Waals surface area contributed by atoms with Gasteiger partial charge in [-0.2, -0.15) is 16.7 Å². The topological polar surface area (TPSA) is 59.2 Å². The fourth-order valence-electron chi connectivity index (χ4n) is 1.38. The third-order valence-electron chi connectivity index (χ3n) is 2.22. The summed E-state index contributed by atoms with van der Waals surface area (Å²) in [4.78, 5) is 4.30. The standard InChI is InChI=1S/C12H13ClN2O2S/c13-10-4-1-3-9(7-10)12-14-11(17-15-12)8-18-6-2-5-16/h1,3-4,7,16H,2,5-6,8H2. The summed E-state index contributed by atoms with van der Waals surface area (Å²) in [6.45, 7) is 0.213. The van der Waals surface area contributed by atoms with Gasteiger partial charge in [-0.25, -0.2) is 0 Å². The number of hydrogen-bond acceptors (Lipinski definition) is 5. The highest BCUT2D eigenvalue weighted by atomic mass is 35.5. The fourth-order valence-corrected chi connectivity index (χ4v) is 2.34. The number of rotatable bonds is 6. The highest BCUT2D eigenvalue weighted by Crippen LogP contribution is 2.21. The van der Waals surface area contributed by atoms with E-state index in [1.807, 2.05) is 12.1 Å². The van der Waals surface area contributed by atoms with Crippen LogP contribution in [-0.4, -0.2) is 27.6 Å². The van der Waals surface area contributed by atoms with Crippen molar-refractivity contribution in [2.24, 2.45) is 0 Å². The molecule has 2 aromatic rings. The summed E-state index contributed by atoms with van der Waals surface area (Å²) < 4.78 is 5.15. The normalized spacial score (nSPS) is 10.8. The molecule has 0 fully saturated rings. The minimum Gasteiger partial charge on any atom is -0.396 e. The molecule has 4 nitrogen and oxygen atoms in total. The molecule has 0 amide bonds. The summed E-state index contributed by atoms with van der Waals surface area (Å²) >= 11 is 7.57. The van der Waals surface area contributed by atoms with E-state index < -0.39 is 0 Å². The average Bonchev–Trinajstić information content (AvgIpc) is 2.83. The Kier molecular flexibility index (Phi) is 5.04. The Morgan fingerprint density at radius 3 is 3.06 bits per heavy atom. The quantitative estimate of drug-likeness (QED) is 0.826. The Balaban J connectivity index is 1.97. The number of nitrogens with zero attached hydrogens (tertiary/aromatic N) is 2. The van der Waals surface area contributed by atoms with Crippen molar-refractivity contribution in [1.29, 1.82) is 0 Å². The molecular formula is C12H13ClN2O2S. The van der Waals surface area contributed by atoms with Gasteiger partial charge in [0.2, 0.25) is 11.7 Å². The van der Waals surface area contributed by atoms with Crippen molar-refractivity contribution in [3.63, 3.8) is 0 Å². The lowest BCUT2D eigenvalue weighted by molar-refractivity contribution is 0.296. The summed E-state index contributed by atoms with van der Waals surface area (Å²) in [6.07, 6.45) is 0.778. The van der Waals surface area contributed by atoms with E-state index in [1.165, 1.54) is 0 Å². The SMILES string of the molecule is OCCCSCc1nc(-c2cccc(Cl)c2)no1. The Bertz CT molecular complexity index is 504. The van der Waals surface area contributed by atoms with Crippen molar-refractivity contribution < 1.29 is 9.63 Å². The number of aliphatic hydroxyl groups excluding tert-OH is 1. The number of hydrogen-bond donors (Lipinski definition) is 1. The minimum atomic E-state index is 0.213. The molecule has 1 N–H and O–H groups in total. The van der Waals surface area contributed by atoms with Crippen LogP contribution in [0.25, 0.3) is 11.4 Å². The van der Waals surface area contributed by atoms with Crippen LogP contribution in [0.5, 0.6) is 0 Å². The van der Waals surface area contributed by atoms with E-state index >= 15 is 0 Å². The highest BCUT2D eigenvalue weighted by molar-refractivity contribution is 7.98. The molecule has 0 unspecified atom stereocenters. The van der Waals surface area contributed by atoms with Gasteiger partial charge in [0.05, 0.1) is 5.75 Å². The van der Waals surface area contributed by atoms with E-state index in [-0.39, 0.29) is 6.61 Å². The zero-order valence-corrected chi connectivity index (χ0v) is 11.2. The van der Waals surface area contributed by atoms with Gasteiger partial charge in [-0.3, -0.25) is 0 Å². The first-order valence-corrected chi connectivity index (χ1v) is 7.10. The number of aromatic nitrogens is 2.